The van der Waals surface area contributed by atoms with Gasteiger partial charge in [0.05, 0.1) is 0 Å². The van der Waals surface area contributed by atoms with Gasteiger partial charge in [-0.15, -0.1) is 0 Å². The molecule has 2 N–H and O–H groups in total. The van der Waals surface area contributed by atoms with Crippen LogP contribution in [0.1, 0.15) is 22.5 Å². The highest BCUT2D eigenvalue weighted by atomic mass is 16.4. The number of hydrogen-bond donors (Lipinski definition) is 2. The van der Waals surface area contributed by atoms with Crippen LogP contribution < -0.4 is 0 Å². The first-order valence-corrected chi connectivity index (χ1v) is 2.78. The predicted molar refractivity (Wildman–Crippen MR) is 33.6 cm³/mol. The number of aliphatic hydroxyl groups is 1. The van der Waals surface area contributed by atoms with Crippen LogP contribution in [0, 0.1) is 0 Å². The molecule has 0 bridgehead atoms. The van der Waals surface area contributed by atoms with E-state index in [0.29, 0.717) is 0 Å². The van der Waals surface area contributed by atoms with Crippen molar-refractivity contribution in [1.82, 2.24) is 0 Å². The average molecular weight is 148 g/mol. The van der Waals surface area contributed by atoms with E-state index in [0.717, 1.165) is 0 Å². The molecule has 0 fully saturated rings. The summed E-state index contributed by atoms with van der Waals surface area (Å²) >= 11 is 0. The van der Waals surface area contributed by atoms with Crippen molar-refractivity contribution in [3.05, 3.63) is 0 Å². The zero-order valence-electron chi connectivity index (χ0n) is 7.50. The molecule has 0 saturated heterocycles. The van der Waals surface area contributed by atoms with Crippen LogP contribution in [-0.2, 0) is 9.59 Å². The van der Waals surface area contributed by atoms with E-state index in [9.17, 15) is 9.59 Å². The van der Waals surface area contributed by atoms with Crippen LogP contribution in [0.4, 0.5) is 0 Å². The van der Waals surface area contributed by atoms with Gasteiger partial charge in [0, 0.05) is 2.74 Å². The summed E-state index contributed by atoms with van der Waals surface area (Å²) in [7, 11) is 0. The lowest BCUT2D eigenvalue weighted by molar-refractivity contribution is -0.153. The maximum Gasteiger partial charge on any atom is 0.374 e. The molecular formula is C6H10O4. The Hall–Kier alpha value is -0.900. The van der Waals surface area contributed by atoms with Gasteiger partial charge in [-0.1, -0.05) is 13.3 Å². The first-order valence-electron chi connectivity index (χ1n) is 3.78. The lowest BCUT2D eigenvalue weighted by Gasteiger charge is -2.02. The molecule has 0 aromatic heterocycles. The molecule has 0 aliphatic carbocycles. The van der Waals surface area contributed by atoms with Crippen molar-refractivity contribution in [1.29, 1.82) is 0 Å². The fourth-order valence-corrected chi connectivity index (χ4v) is 0.403. The maximum absolute atomic E-state index is 10.6. The highest BCUT2D eigenvalue weighted by Crippen LogP contribution is 1.96. The third-order valence-corrected chi connectivity index (χ3v) is 0.857. The Labute approximate surface area is 61.3 Å². The molecule has 1 atom stereocenters. The zero-order valence-corrected chi connectivity index (χ0v) is 5.50. The molecule has 10 heavy (non-hydrogen) atoms. The SMILES string of the molecule is [2H]C([2H])(CC)C(O)C(=O)C(=O)O. The minimum Gasteiger partial charge on any atom is -0.475 e. The van der Waals surface area contributed by atoms with Gasteiger partial charge in [0.25, 0.3) is 5.78 Å². The third-order valence-electron chi connectivity index (χ3n) is 0.857. The number of aliphatic carboxylic acids is 1. The molecular weight excluding hydrogens is 136 g/mol. The van der Waals surface area contributed by atoms with Crippen LogP contribution in [-0.4, -0.2) is 28.1 Å². The third kappa shape index (κ3) is 2.59. The summed E-state index contributed by atoms with van der Waals surface area (Å²) < 4.78 is 14.1. The highest BCUT2D eigenvalue weighted by Gasteiger charge is 2.20. The summed E-state index contributed by atoms with van der Waals surface area (Å²) in [6, 6.07) is 0. The second kappa shape index (κ2) is 4.00. The molecule has 0 saturated carbocycles. The van der Waals surface area contributed by atoms with E-state index in [2.05, 4.69) is 0 Å². The van der Waals surface area contributed by atoms with E-state index in [-0.39, 0.29) is 6.42 Å². The number of Topliss-reactive ketones (excluding diaryl/α,β-unsaturated/α-hetero) is 1. The molecule has 0 aromatic rings. The number of carboxylic acid groups (broad SMARTS) is 1. The maximum atomic E-state index is 10.6. The Morgan fingerprint density at radius 3 is 2.50 bits per heavy atom. The number of hydrogen-bond acceptors (Lipinski definition) is 3. The van der Waals surface area contributed by atoms with Gasteiger partial charge in [-0.3, -0.25) is 4.79 Å². The quantitative estimate of drug-likeness (QED) is 0.541. The first kappa shape index (κ1) is 5.85. The molecule has 58 valence electrons. The Balaban J connectivity index is 4.49. The molecule has 0 spiro atoms. The topological polar surface area (TPSA) is 74.6 Å². The number of carbonyl (C=O) groups is 2. The molecule has 4 nitrogen and oxygen atoms in total. The Morgan fingerprint density at radius 2 is 2.20 bits per heavy atom. The second-order valence-corrected chi connectivity index (χ2v) is 1.63. The van der Waals surface area contributed by atoms with Crippen LogP contribution >= 0.6 is 0 Å². The number of carbonyl (C=O) groups excluding carboxylic acids is 1. The molecule has 0 aliphatic heterocycles. The molecule has 0 heterocycles. The minimum absolute atomic E-state index is 0.118. The van der Waals surface area contributed by atoms with Gasteiger partial charge in [-0.25, -0.2) is 4.79 Å². The van der Waals surface area contributed by atoms with Gasteiger partial charge >= 0.3 is 5.97 Å². The van der Waals surface area contributed by atoms with E-state index in [4.69, 9.17) is 13.0 Å². The molecule has 0 aliphatic rings. The van der Waals surface area contributed by atoms with Crippen molar-refractivity contribution >= 4 is 11.8 Å². The van der Waals surface area contributed by atoms with Gasteiger partial charge < -0.3 is 10.2 Å². The van der Waals surface area contributed by atoms with Crippen LogP contribution in [0.2, 0.25) is 0 Å². The summed E-state index contributed by atoms with van der Waals surface area (Å²) in [4.78, 5) is 20.6. The van der Waals surface area contributed by atoms with Crippen LogP contribution in [0.5, 0.6) is 0 Å². The Morgan fingerprint density at radius 1 is 1.70 bits per heavy atom. The van der Waals surface area contributed by atoms with Crippen LogP contribution in [0.3, 0.4) is 0 Å². The number of rotatable bonds is 4. The summed E-state index contributed by atoms with van der Waals surface area (Å²) in [5, 5.41) is 17.0. The summed E-state index contributed by atoms with van der Waals surface area (Å²) in [6.45, 7) is 1.42. The van der Waals surface area contributed by atoms with Gasteiger partial charge in [0.2, 0.25) is 0 Å². The van der Waals surface area contributed by atoms with Gasteiger partial charge in [0.15, 0.2) is 0 Å². The molecule has 4 heteroatoms. The molecule has 0 rings (SSSR count). The average Bonchev–Trinajstić information content (AvgIpc) is 2.01. The fourth-order valence-electron chi connectivity index (χ4n) is 0.403. The minimum atomic E-state index is -2.17. The van der Waals surface area contributed by atoms with Crippen molar-refractivity contribution in [3.63, 3.8) is 0 Å². The molecule has 0 amide bonds. The smallest absolute Gasteiger partial charge is 0.374 e. The Kier molecular flexibility index (Phi) is 2.34. The normalized spacial score (nSPS) is 17.0. The lowest BCUT2D eigenvalue weighted by Crippen LogP contribution is -2.27. The summed E-state index contributed by atoms with van der Waals surface area (Å²) in [6.07, 6.45) is -4.37. The number of carboxylic acids is 1. The highest BCUT2D eigenvalue weighted by molar-refractivity contribution is 6.34. The van der Waals surface area contributed by atoms with Crippen molar-refractivity contribution in [2.45, 2.75) is 25.8 Å². The monoisotopic (exact) mass is 148 g/mol. The molecule has 0 radical (unpaired) electrons. The van der Waals surface area contributed by atoms with Gasteiger partial charge in [-0.05, 0) is 6.37 Å². The summed E-state index contributed by atoms with van der Waals surface area (Å²) in [5.74, 6) is -3.33. The lowest BCUT2D eigenvalue weighted by atomic mass is 10.1. The molecule has 1 unspecified atom stereocenters. The van der Waals surface area contributed by atoms with Crippen molar-refractivity contribution in [3.8, 4) is 0 Å². The van der Waals surface area contributed by atoms with Gasteiger partial charge in [-0.2, -0.15) is 0 Å². The Bertz CT molecular complexity index is 202. The van der Waals surface area contributed by atoms with Crippen LogP contribution in [0.25, 0.3) is 0 Å². The number of ketones is 1. The van der Waals surface area contributed by atoms with Gasteiger partial charge in [0.1, 0.15) is 6.10 Å². The fraction of sp³-hybridized carbons (Fsp3) is 0.667. The van der Waals surface area contributed by atoms with E-state index in [1.54, 1.807) is 0 Å². The van der Waals surface area contributed by atoms with E-state index in [1.165, 1.54) is 6.92 Å². The van der Waals surface area contributed by atoms with Crippen molar-refractivity contribution in [2.75, 3.05) is 0 Å². The van der Waals surface area contributed by atoms with Crippen molar-refractivity contribution < 1.29 is 22.5 Å². The van der Waals surface area contributed by atoms with E-state index in [1.807, 2.05) is 0 Å². The predicted octanol–water partition coefficient (Wildman–Crippen LogP) is -0.199. The molecule has 0 aromatic carbocycles. The zero-order chi connectivity index (χ0) is 9.94. The second-order valence-electron chi connectivity index (χ2n) is 1.63. The largest absolute Gasteiger partial charge is 0.475 e. The summed E-state index contributed by atoms with van der Waals surface area (Å²) in [5.41, 5.74) is 0. The first-order chi connectivity index (χ1) is 5.33. The van der Waals surface area contributed by atoms with E-state index >= 15 is 0 Å². The van der Waals surface area contributed by atoms with E-state index < -0.39 is 24.2 Å². The standard InChI is InChI=1S/C6H10O4/c1-2-3-4(7)5(8)6(9)10/h4,7H,2-3H2,1H3,(H,9,10)/i3D2. The number of aliphatic hydroxyl groups excluding tert-OH is 1. The van der Waals surface area contributed by atoms with Crippen molar-refractivity contribution in [2.24, 2.45) is 0 Å². The van der Waals surface area contributed by atoms with Crippen LogP contribution in [0.15, 0.2) is 0 Å².